The summed E-state index contributed by atoms with van der Waals surface area (Å²) in [6.45, 7) is 3.06. The molecule has 1 saturated heterocycles. The molecule has 2 atom stereocenters. The molecule has 1 fully saturated rings. The van der Waals surface area contributed by atoms with Gasteiger partial charge in [0.1, 0.15) is 0 Å². The Balaban J connectivity index is 2.21. The monoisotopic (exact) mass is 230 g/mol. The molecule has 1 aliphatic rings. The maximum Gasteiger partial charge on any atom is 0.237 e. The van der Waals surface area contributed by atoms with Crippen molar-refractivity contribution in [3.8, 4) is 0 Å². The van der Waals surface area contributed by atoms with Crippen molar-refractivity contribution < 1.29 is 4.79 Å². The van der Waals surface area contributed by atoms with E-state index in [1.165, 1.54) is 12.8 Å². The zero-order chi connectivity index (χ0) is 11.1. The van der Waals surface area contributed by atoms with Crippen molar-refractivity contribution >= 4 is 17.7 Å². The Morgan fingerprint density at radius 3 is 3.00 bits per heavy atom. The third-order valence-electron chi connectivity index (χ3n) is 2.77. The molecule has 0 spiro atoms. The first-order valence-corrected chi connectivity index (χ1v) is 7.16. The average Bonchev–Trinajstić information content (AvgIpc) is 2.27. The van der Waals surface area contributed by atoms with Gasteiger partial charge in [0.15, 0.2) is 0 Å². The Labute approximate surface area is 96.8 Å². The molecule has 4 heteroatoms. The zero-order valence-electron chi connectivity index (χ0n) is 9.71. The number of piperidine rings is 1. The van der Waals surface area contributed by atoms with E-state index >= 15 is 0 Å². The van der Waals surface area contributed by atoms with E-state index in [2.05, 4.69) is 23.8 Å². The minimum absolute atomic E-state index is 0.0514. The maximum atomic E-state index is 11.8. The first-order chi connectivity index (χ1) is 7.24. The van der Waals surface area contributed by atoms with Crippen LogP contribution in [0.15, 0.2) is 0 Å². The molecule has 1 heterocycles. The molecule has 0 aromatic rings. The average molecular weight is 230 g/mol. The van der Waals surface area contributed by atoms with Gasteiger partial charge in [-0.25, -0.2) is 0 Å². The molecule has 0 radical (unpaired) electrons. The lowest BCUT2D eigenvalue weighted by Gasteiger charge is -2.24. The summed E-state index contributed by atoms with van der Waals surface area (Å²) in [6.07, 6.45) is 6.51. The van der Waals surface area contributed by atoms with Crippen LogP contribution in [0.5, 0.6) is 0 Å². The Morgan fingerprint density at radius 2 is 2.40 bits per heavy atom. The van der Waals surface area contributed by atoms with Gasteiger partial charge in [0.05, 0.1) is 6.04 Å². The highest BCUT2D eigenvalue weighted by atomic mass is 32.2. The van der Waals surface area contributed by atoms with Crippen LogP contribution < -0.4 is 10.6 Å². The lowest BCUT2D eigenvalue weighted by molar-refractivity contribution is -0.124. The summed E-state index contributed by atoms with van der Waals surface area (Å²) in [5.74, 6) is 1.29. The van der Waals surface area contributed by atoms with Gasteiger partial charge in [-0.3, -0.25) is 4.79 Å². The van der Waals surface area contributed by atoms with Crippen molar-refractivity contribution in [2.45, 2.75) is 44.7 Å². The number of hydrogen-bond donors (Lipinski definition) is 2. The third-order valence-corrected chi connectivity index (χ3v) is 3.41. The Bertz CT molecular complexity index is 193. The molecule has 0 aromatic carbocycles. The molecule has 1 amide bonds. The number of nitrogens with one attached hydrogen (secondary N) is 2. The fraction of sp³-hybridized carbons (Fsp3) is 0.909. The molecule has 3 nitrogen and oxygen atoms in total. The molecule has 1 aliphatic heterocycles. The quantitative estimate of drug-likeness (QED) is 0.750. The highest BCUT2D eigenvalue weighted by Gasteiger charge is 2.21. The van der Waals surface area contributed by atoms with Crippen LogP contribution in [0.2, 0.25) is 0 Å². The number of amides is 1. The fourth-order valence-electron chi connectivity index (χ4n) is 1.79. The molecule has 0 aromatic heterocycles. The van der Waals surface area contributed by atoms with Gasteiger partial charge in [0, 0.05) is 6.04 Å². The number of rotatable bonds is 5. The SMILES string of the molecule is CSCCC(C)NC(=O)[C@@H]1CCCCN1. The van der Waals surface area contributed by atoms with Crippen LogP contribution in [0, 0.1) is 0 Å². The van der Waals surface area contributed by atoms with Crippen LogP contribution in [0.25, 0.3) is 0 Å². The molecule has 0 bridgehead atoms. The van der Waals surface area contributed by atoms with E-state index in [0.717, 1.165) is 25.1 Å². The van der Waals surface area contributed by atoms with E-state index in [-0.39, 0.29) is 11.9 Å². The molecular formula is C11H22N2OS. The van der Waals surface area contributed by atoms with Crippen molar-refractivity contribution in [3.05, 3.63) is 0 Å². The van der Waals surface area contributed by atoms with Crippen LogP contribution in [-0.4, -0.2) is 36.5 Å². The topological polar surface area (TPSA) is 41.1 Å². The van der Waals surface area contributed by atoms with Gasteiger partial charge >= 0.3 is 0 Å². The van der Waals surface area contributed by atoms with Crippen LogP contribution in [0.3, 0.4) is 0 Å². The summed E-state index contributed by atoms with van der Waals surface area (Å²) in [5, 5.41) is 6.33. The highest BCUT2D eigenvalue weighted by Crippen LogP contribution is 2.07. The summed E-state index contributed by atoms with van der Waals surface area (Å²) >= 11 is 1.83. The summed E-state index contributed by atoms with van der Waals surface area (Å²) in [6, 6.07) is 0.351. The van der Waals surface area contributed by atoms with Gasteiger partial charge in [-0.1, -0.05) is 6.42 Å². The Kier molecular flexibility index (Phi) is 6.10. The summed E-state index contributed by atoms with van der Waals surface area (Å²) < 4.78 is 0. The molecule has 1 unspecified atom stereocenters. The Morgan fingerprint density at radius 1 is 1.60 bits per heavy atom. The van der Waals surface area contributed by atoms with E-state index in [9.17, 15) is 4.79 Å². The van der Waals surface area contributed by atoms with Crippen LogP contribution >= 0.6 is 11.8 Å². The predicted molar refractivity (Wildman–Crippen MR) is 66.2 cm³/mol. The lowest BCUT2D eigenvalue weighted by atomic mass is 10.0. The molecule has 15 heavy (non-hydrogen) atoms. The number of carbonyl (C=O) groups is 1. The van der Waals surface area contributed by atoms with Crippen molar-refractivity contribution in [1.29, 1.82) is 0 Å². The van der Waals surface area contributed by atoms with Gasteiger partial charge in [-0.15, -0.1) is 0 Å². The second-order valence-corrected chi connectivity index (χ2v) is 5.18. The number of carbonyl (C=O) groups excluding carboxylic acids is 1. The molecule has 0 aliphatic carbocycles. The summed E-state index contributed by atoms with van der Waals surface area (Å²) in [7, 11) is 0. The van der Waals surface area contributed by atoms with Gasteiger partial charge < -0.3 is 10.6 Å². The normalized spacial score (nSPS) is 23.5. The van der Waals surface area contributed by atoms with E-state index in [1.807, 2.05) is 11.8 Å². The standard InChI is InChI=1S/C11H22N2OS/c1-9(6-8-15-2)13-11(14)10-5-3-4-7-12-10/h9-10,12H,3-8H2,1-2H3,(H,13,14)/t9?,10-/m0/s1. The third kappa shape index (κ3) is 4.89. The Hall–Kier alpha value is -0.220. The zero-order valence-corrected chi connectivity index (χ0v) is 10.5. The van der Waals surface area contributed by atoms with Crippen molar-refractivity contribution in [1.82, 2.24) is 10.6 Å². The minimum Gasteiger partial charge on any atom is -0.352 e. The van der Waals surface area contributed by atoms with Gasteiger partial charge in [-0.05, 0) is 44.7 Å². The first kappa shape index (κ1) is 12.8. The number of thioether (sulfide) groups is 1. The van der Waals surface area contributed by atoms with E-state index in [0.29, 0.717) is 6.04 Å². The van der Waals surface area contributed by atoms with Crippen molar-refractivity contribution in [3.63, 3.8) is 0 Å². The van der Waals surface area contributed by atoms with Gasteiger partial charge in [0.2, 0.25) is 5.91 Å². The second-order valence-electron chi connectivity index (χ2n) is 4.19. The fourth-order valence-corrected chi connectivity index (χ4v) is 2.38. The highest BCUT2D eigenvalue weighted by molar-refractivity contribution is 7.98. The maximum absolute atomic E-state index is 11.8. The smallest absolute Gasteiger partial charge is 0.237 e. The van der Waals surface area contributed by atoms with Gasteiger partial charge in [0.25, 0.3) is 0 Å². The predicted octanol–water partition coefficient (Wildman–Crippen LogP) is 1.39. The van der Waals surface area contributed by atoms with E-state index in [1.54, 1.807) is 0 Å². The summed E-state index contributed by atoms with van der Waals surface area (Å²) in [4.78, 5) is 11.8. The van der Waals surface area contributed by atoms with Crippen molar-refractivity contribution in [2.24, 2.45) is 0 Å². The lowest BCUT2D eigenvalue weighted by Crippen LogP contribution is -2.49. The minimum atomic E-state index is 0.0514. The molecule has 0 saturated carbocycles. The molecule has 2 N–H and O–H groups in total. The van der Waals surface area contributed by atoms with E-state index < -0.39 is 0 Å². The molecular weight excluding hydrogens is 208 g/mol. The molecule has 88 valence electrons. The number of hydrogen-bond acceptors (Lipinski definition) is 3. The molecule has 1 rings (SSSR count). The largest absolute Gasteiger partial charge is 0.352 e. The first-order valence-electron chi connectivity index (χ1n) is 5.76. The van der Waals surface area contributed by atoms with Crippen LogP contribution in [0.4, 0.5) is 0 Å². The van der Waals surface area contributed by atoms with Crippen LogP contribution in [0.1, 0.15) is 32.6 Å². The van der Waals surface area contributed by atoms with E-state index in [4.69, 9.17) is 0 Å². The van der Waals surface area contributed by atoms with Gasteiger partial charge in [-0.2, -0.15) is 11.8 Å². The summed E-state index contributed by atoms with van der Waals surface area (Å²) in [5.41, 5.74) is 0. The van der Waals surface area contributed by atoms with Crippen molar-refractivity contribution in [2.75, 3.05) is 18.6 Å². The van der Waals surface area contributed by atoms with Crippen LogP contribution in [-0.2, 0) is 4.79 Å². The second kappa shape index (κ2) is 7.12.